The van der Waals surface area contributed by atoms with E-state index in [-0.39, 0.29) is 0 Å². The van der Waals surface area contributed by atoms with Crippen LogP contribution in [0.5, 0.6) is 0 Å². The van der Waals surface area contributed by atoms with Gasteiger partial charge in [0, 0.05) is 24.1 Å². The topological polar surface area (TPSA) is 29.6 Å². The van der Waals surface area contributed by atoms with Crippen molar-refractivity contribution in [2.75, 3.05) is 6.54 Å². The minimum atomic E-state index is 0.591. The molecule has 0 spiro atoms. The molecule has 3 unspecified atom stereocenters. The van der Waals surface area contributed by atoms with Gasteiger partial charge in [-0.1, -0.05) is 18.2 Å². The summed E-state index contributed by atoms with van der Waals surface area (Å²) in [5, 5.41) is 9.10. The molecule has 0 saturated heterocycles. The Bertz CT molecular complexity index is 764. The number of rotatable bonds is 4. The third-order valence-corrected chi connectivity index (χ3v) is 6.20. The average molecular weight is 329 g/mol. The monoisotopic (exact) mass is 329 g/mol. The Hall–Kier alpha value is -1.46. The molecule has 0 N–H and O–H groups in total. The molecule has 3 atom stereocenters. The van der Waals surface area contributed by atoms with E-state index in [1.807, 2.05) is 4.68 Å². The Morgan fingerprint density at radius 3 is 2.95 bits per heavy atom. The van der Waals surface area contributed by atoms with Gasteiger partial charge in [0.1, 0.15) is 0 Å². The van der Waals surface area contributed by atoms with Crippen LogP contribution in [0.2, 0.25) is 0 Å². The summed E-state index contributed by atoms with van der Waals surface area (Å²) in [6.45, 7) is 2.86. The van der Waals surface area contributed by atoms with Crippen LogP contribution in [-0.2, 0) is 0 Å². The molecule has 5 heteroatoms. The summed E-state index contributed by atoms with van der Waals surface area (Å²) >= 11 is 3.42. The molecule has 4 rings (SSSR count). The first-order valence-corrected chi connectivity index (χ1v) is 9.58. The van der Waals surface area contributed by atoms with Gasteiger partial charge in [0.2, 0.25) is 4.80 Å². The Morgan fingerprint density at radius 2 is 2.27 bits per heavy atom. The van der Waals surface area contributed by atoms with E-state index < -0.39 is 0 Å². The van der Waals surface area contributed by atoms with Gasteiger partial charge >= 0.3 is 0 Å². The van der Waals surface area contributed by atoms with Crippen LogP contribution < -0.4 is 4.80 Å². The summed E-state index contributed by atoms with van der Waals surface area (Å²) < 4.78 is 2.02. The fraction of sp³-hybridized carbons (Fsp3) is 0.412. The number of nitrogens with zero attached hydrogens (tertiary/aromatic N) is 3. The van der Waals surface area contributed by atoms with Crippen molar-refractivity contribution in [3.63, 3.8) is 0 Å². The zero-order chi connectivity index (χ0) is 14.9. The normalized spacial score (nSPS) is 27.5. The lowest BCUT2D eigenvalue weighted by Gasteiger charge is -2.12. The Morgan fingerprint density at radius 1 is 1.32 bits per heavy atom. The molecule has 0 radical (unpaired) electrons. The minimum Gasteiger partial charge on any atom is -0.258 e. The van der Waals surface area contributed by atoms with Crippen molar-refractivity contribution in [1.29, 1.82) is 0 Å². The number of hydrogen-bond donors (Lipinski definition) is 0. The highest BCUT2D eigenvalue weighted by atomic mass is 32.1. The third-order valence-electron chi connectivity index (χ3n) is 4.46. The van der Waals surface area contributed by atoms with E-state index >= 15 is 0 Å². The van der Waals surface area contributed by atoms with E-state index in [0.29, 0.717) is 11.8 Å². The second kappa shape index (κ2) is 5.97. The average Bonchev–Trinajstić information content (AvgIpc) is 3.29. The van der Waals surface area contributed by atoms with Crippen LogP contribution in [0, 0.1) is 17.8 Å². The van der Waals surface area contributed by atoms with Crippen molar-refractivity contribution in [3.8, 4) is 10.6 Å². The van der Waals surface area contributed by atoms with Gasteiger partial charge in [0.25, 0.3) is 0 Å². The van der Waals surface area contributed by atoms with Crippen LogP contribution in [0.25, 0.3) is 10.6 Å². The maximum Gasteiger partial charge on any atom is 0.206 e. The molecule has 22 heavy (non-hydrogen) atoms. The second-order valence-electron chi connectivity index (χ2n) is 5.88. The standard InChI is InChI=1S/C17H19N3S2/c1-2-18-17-20(15(11-22-17)16-4-3-7-21-16)19-10-14-9-12-5-6-13(14)8-12/h3-7,10-14H,2,8-9H2,1H3. The summed E-state index contributed by atoms with van der Waals surface area (Å²) in [5.74, 6) is 2.07. The largest absolute Gasteiger partial charge is 0.258 e. The van der Waals surface area contributed by atoms with Crippen molar-refractivity contribution in [2.45, 2.75) is 19.8 Å². The molecule has 3 nitrogen and oxygen atoms in total. The molecule has 0 aromatic carbocycles. The van der Waals surface area contributed by atoms with Gasteiger partial charge in [-0.3, -0.25) is 4.99 Å². The first-order chi connectivity index (χ1) is 10.8. The second-order valence-corrected chi connectivity index (χ2v) is 7.66. The lowest BCUT2D eigenvalue weighted by Crippen LogP contribution is -2.15. The predicted molar refractivity (Wildman–Crippen MR) is 94.5 cm³/mol. The number of allylic oxidation sites excluding steroid dienone is 2. The van der Waals surface area contributed by atoms with Gasteiger partial charge in [-0.05, 0) is 43.0 Å². The van der Waals surface area contributed by atoms with Crippen LogP contribution in [0.15, 0.2) is 45.1 Å². The highest BCUT2D eigenvalue weighted by Crippen LogP contribution is 2.42. The van der Waals surface area contributed by atoms with Crippen LogP contribution in [0.3, 0.4) is 0 Å². The Kier molecular flexibility index (Phi) is 3.84. The van der Waals surface area contributed by atoms with Crippen molar-refractivity contribution in [1.82, 2.24) is 4.68 Å². The van der Waals surface area contributed by atoms with Gasteiger partial charge in [-0.25, -0.2) is 4.68 Å². The van der Waals surface area contributed by atoms with E-state index in [1.54, 1.807) is 22.7 Å². The van der Waals surface area contributed by atoms with E-state index in [0.717, 1.165) is 23.0 Å². The van der Waals surface area contributed by atoms with Crippen molar-refractivity contribution < 1.29 is 0 Å². The molecule has 2 bridgehead atoms. The number of hydrogen-bond acceptors (Lipinski definition) is 4. The maximum absolute atomic E-state index is 4.82. The molecular weight excluding hydrogens is 310 g/mol. The Labute approximate surface area is 138 Å². The molecule has 1 saturated carbocycles. The number of aromatic nitrogens is 1. The molecule has 0 aliphatic heterocycles. The lowest BCUT2D eigenvalue weighted by atomic mass is 9.95. The van der Waals surface area contributed by atoms with Gasteiger partial charge in [0.15, 0.2) is 0 Å². The summed E-state index contributed by atoms with van der Waals surface area (Å²) in [4.78, 5) is 6.82. The van der Waals surface area contributed by atoms with Crippen LogP contribution >= 0.6 is 22.7 Å². The van der Waals surface area contributed by atoms with Crippen molar-refractivity contribution in [3.05, 3.63) is 39.8 Å². The van der Waals surface area contributed by atoms with E-state index in [1.165, 1.54) is 17.7 Å². The molecular formula is C17H19N3S2. The molecule has 2 aliphatic carbocycles. The molecule has 0 amide bonds. The van der Waals surface area contributed by atoms with E-state index in [2.05, 4.69) is 53.2 Å². The highest BCUT2D eigenvalue weighted by Gasteiger charge is 2.34. The summed E-state index contributed by atoms with van der Waals surface area (Å²) in [6.07, 6.45) is 9.48. The summed E-state index contributed by atoms with van der Waals surface area (Å²) in [7, 11) is 0. The highest BCUT2D eigenvalue weighted by molar-refractivity contribution is 7.14. The van der Waals surface area contributed by atoms with Gasteiger partial charge < -0.3 is 0 Å². The zero-order valence-corrected chi connectivity index (χ0v) is 14.2. The van der Waals surface area contributed by atoms with Gasteiger partial charge in [0.05, 0.1) is 10.6 Å². The summed E-state index contributed by atoms with van der Waals surface area (Å²) in [5.41, 5.74) is 1.15. The van der Waals surface area contributed by atoms with E-state index in [9.17, 15) is 0 Å². The number of thiophene rings is 1. The quantitative estimate of drug-likeness (QED) is 0.593. The molecule has 2 aromatic rings. The fourth-order valence-electron chi connectivity index (χ4n) is 3.40. The molecule has 1 fully saturated rings. The fourth-order valence-corrected chi connectivity index (χ4v) is 5.09. The minimum absolute atomic E-state index is 0.591. The van der Waals surface area contributed by atoms with Crippen LogP contribution in [0.1, 0.15) is 19.8 Å². The smallest absolute Gasteiger partial charge is 0.206 e. The molecule has 2 aromatic heterocycles. The molecule has 2 aliphatic rings. The number of fused-ring (bicyclic) bond motifs is 2. The van der Waals surface area contributed by atoms with Gasteiger partial charge in [-0.2, -0.15) is 5.10 Å². The summed E-state index contributed by atoms with van der Waals surface area (Å²) in [6, 6.07) is 4.23. The van der Waals surface area contributed by atoms with E-state index in [4.69, 9.17) is 5.10 Å². The van der Waals surface area contributed by atoms with Crippen molar-refractivity contribution >= 4 is 28.9 Å². The molecule has 114 valence electrons. The molecule has 2 heterocycles. The Balaban J connectivity index is 1.69. The first-order valence-electron chi connectivity index (χ1n) is 7.83. The van der Waals surface area contributed by atoms with Crippen LogP contribution in [0.4, 0.5) is 0 Å². The lowest BCUT2D eigenvalue weighted by molar-refractivity contribution is 0.589. The van der Waals surface area contributed by atoms with Crippen LogP contribution in [-0.4, -0.2) is 17.4 Å². The zero-order valence-electron chi connectivity index (χ0n) is 12.6. The van der Waals surface area contributed by atoms with Crippen molar-refractivity contribution in [2.24, 2.45) is 27.8 Å². The SMILES string of the molecule is CCN=c1scc(-c2cccs2)n1N=CC1CC2C=CC1C2. The van der Waals surface area contributed by atoms with Gasteiger partial charge in [-0.15, -0.1) is 22.7 Å². The maximum atomic E-state index is 4.82. The predicted octanol–water partition coefficient (Wildman–Crippen LogP) is 4.24. The number of thiazole rings is 1. The first kappa shape index (κ1) is 14.2. The third kappa shape index (κ3) is 2.52.